The van der Waals surface area contributed by atoms with E-state index in [4.69, 9.17) is 25.8 Å². The zero-order valence-electron chi connectivity index (χ0n) is 18.4. The normalized spacial score (nSPS) is 10.4. The molecular formula is C24H23ClN2O6. The van der Waals surface area contributed by atoms with Gasteiger partial charge in [-0.15, -0.1) is 0 Å². The standard InChI is InChI=1S/C24H23ClN2O6/c1-4-31-24(30)22-14(2)21(15(3)26-22)23(29)32-13-20(28)27-18-12-16(25)10-11-19(18)33-17-8-6-5-7-9-17/h5-12,26H,4,13H2,1-3H3,(H,27,28). The number of aromatic nitrogens is 1. The van der Waals surface area contributed by atoms with E-state index in [1.165, 1.54) is 6.07 Å². The minimum absolute atomic E-state index is 0.174. The first-order chi connectivity index (χ1) is 15.8. The van der Waals surface area contributed by atoms with Gasteiger partial charge in [-0.05, 0) is 56.7 Å². The lowest BCUT2D eigenvalue weighted by molar-refractivity contribution is -0.119. The van der Waals surface area contributed by atoms with Gasteiger partial charge in [-0.1, -0.05) is 29.8 Å². The van der Waals surface area contributed by atoms with Gasteiger partial charge in [0.15, 0.2) is 12.4 Å². The molecule has 0 radical (unpaired) electrons. The number of amides is 1. The predicted molar refractivity (Wildman–Crippen MR) is 123 cm³/mol. The average Bonchev–Trinajstić information content (AvgIpc) is 3.09. The lowest BCUT2D eigenvalue weighted by Gasteiger charge is -2.13. The molecule has 0 aliphatic heterocycles. The minimum atomic E-state index is -0.737. The molecule has 172 valence electrons. The number of carbonyl (C=O) groups excluding carboxylic acids is 3. The van der Waals surface area contributed by atoms with E-state index in [-0.39, 0.29) is 17.9 Å². The Hall–Kier alpha value is -3.78. The monoisotopic (exact) mass is 470 g/mol. The van der Waals surface area contributed by atoms with E-state index in [2.05, 4.69) is 10.3 Å². The molecule has 2 aromatic carbocycles. The Bertz CT molecular complexity index is 1170. The van der Waals surface area contributed by atoms with Crippen molar-refractivity contribution in [1.29, 1.82) is 0 Å². The number of aromatic amines is 1. The molecule has 1 amide bonds. The van der Waals surface area contributed by atoms with Crippen molar-refractivity contribution < 1.29 is 28.6 Å². The molecule has 0 atom stereocenters. The fraction of sp³-hybridized carbons (Fsp3) is 0.208. The minimum Gasteiger partial charge on any atom is -0.461 e. The fourth-order valence-electron chi connectivity index (χ4n) is 3.16. The summed E-state index contributed by atoms with van der Waals surface area (Å²) in [5.41, 5.74) is 1.51. The molecule has 0 aliphatic carbocycles. The van der Waals surface area contributed by atoms with E-state index in [1.807, 2.05) is 18.2 Å². The average molecular weight is 471 g/mol. The summed E-state index contributed by atoms with van der Waals surface area (Å²) in [4.78, 5) is 39.9. The van der Waals surface area contributed by atoms with Gasteiger partial charge < -0.3 is 24.5 Å². The summed E-state index contributed by atoms with van der Waals surface area (Å²) < 4.78 is 16.0. The van der Waals surface area contributed by atoms with Crippen LogP contribution in [-0.4, -0.2) is 36.0 Å². The van der Waals surface area contributed by atoms with Crippen LogP contribution in [0.4, 0.5) is 5.69 Å². The summed E-state index contributed by atoms with van der Waals surface area (Å²) in [5, 5.41) is 3.04. The fourth-order valence-corrected chi connectivity index (χ4v) is 3.33. The first-order valence-corrected chi connectivity index (χ1v) is 10.5. The Morgan fingerprint density at radius 3 is 2.42 bits per heavy atom. The quantitative estimate of drug-likeness (QED) is 0.446. The van der Waals surface area contributed by atoms with Gasteiger partial charge in [0.1, 0.15) is 11.4 Å². The van der Waals surface area contributed by atoms with Crippen LogP contribution < -0.4 is 10.1 Å². The van der Waals surface area contributed by atoms with Crippen LogP contribution in [0.3, 0.4) is 0 Å². The van der Waals surface area contributed by atoms with E-state index in [0.29, 0.717) is 33.5 Å². The summed E-state index contributed by atoms with van der Waals surface area (Å²) in [6.45, 7) is 4.58. The molecule has 1 heterocycles. The van der Waals surface area contributed by atoms with Crippen molar-refractivity contribution in [1.82, 2.24) is 4.98 Å². The van der Waals surface area contributed by atoms with Crippen molar-refractivity contribution in [3.63, 3.8) is 0 Å². The maximum atomic E-state index is 12.6. The molecule has 0 unspecified atom stereocenters. The first-order valence-electron chi connectivity index (χ1n) is 10.2. The summed E-state index contributed by atoms with van der Waals surface area (Å²) in [6, 6.07) is 13.8. The number of halogens is 1. The maximum Gasteiger partial charge on any atom is 0.355 e. The molecule has 8 nitrogen and oxygen atoms in total. The number of H-pyrrole nitrogens is 1. The second-order valence-electron chi connectivity index (χ2n) is 7.03. The number of aryl methyl sites for hydroxylation is 1. The number of hydrogen-bond acceptors (Lipinski definition) is 6. The molecule has 0 saturated heterocycles. The number of benzene rings is 2. The van der Waals surface area contributed by atoms with Crippen LogP contribution in [-0.2, 0) is 14.3 Å². The van der Waals surface area contributed by atoms with Crippen LogP contribution in [0.1, 0.15) is 39.0 Å². The first kappa shape index (κ1) is 23.9. The third-order valence-electron chi connectivity index (χ3n) is 4.64. The van der Waals surface area contributed by atoms with Gasteiger partial charge in [-0.3, -0.25) is 4.79 Å². The highest BCUT2D eigenvalue weighted by Crippen LogP contribution is 2.32. The van der Waals surface area contributed by atoms with Gasteiger partial charge in [-0.25, -0.2) is 9.59 Å². The highest BCUT2D eigenvalue weighted by atomic mass is 35.5. The summed E-state index contributed by atoms with van der Waals surface area (Å²) in [5.74, 6) is -0.931. The highest BCUT2D eigenvalue weighted by Gasteiger charge is 2.24. The van der Waals surface area contributed by atoms with E-state index in [0.717, 1.165) is 0 Å². The van der Waals surface area contributed by atoms with Crippen molar-refractivity contribution >= 4 is 35.1 Å². The number of nitrogens with one attached hydrogen (secondary N) is 2. The van der Waals surface area contributed by atoms with E-state index in [9.17, 15) is 14.4 Å². The SMILES string of the molecule is CCOC(=O)c1[nH]c(C)c(C(=O)OCC(=O)Nc2cc(Cl)ccc2Oc2ccccc2)c1C. The Kier molecular flexibility index (Phi) is 7.74. The second-order valence-corrected chi connectivity index (χ2v) is 7.46. The van der Waals surface area contributed by atoms with Crippen LogP contribution in [0.2, 0.25) is 5.02 Å². The van der Waals surface area contributed by atoms with Crippen LogP contribution in [0.5, 0.6) is 11.5 Å². The Morgan fingerprint density at radius 2 is 1.73 bits per heavy atom. The van der Waals surface area contributed by atoms with Crippen LogP contribution >= 0.6 is 11.6 Å². The third-order valence-corrected chi connectivity index (χ3v) is 4.88. The van der Waals surface area contributed by atoms with Gasteiger partial charge in [0, 0.05) is 10.7 Å². The third kappa shape index (κ3) is 5.93. The summed E-state index contributed by atoms with van der Waals surface area (Å²) in [7, 11) is 0. The summed E-state index contributed by atoms with van der Waals surface area (Å²) >= 11 is 6.06. The predicted octanol–water partition coefficient (Wildman–Crippen LogP) is 5.05. The number of hydrogen-bond donors (Lipinski definition) is 2. The number of esters is 2. The van der Waals surface area contributed by atoms with E-state index < -0.39 is 24.5 Å². The second kappa shape index (κ2) is 10.7. The lowest BCUT2D eigenvalue weighted by Crippen LogP contribution is -2.21. The molecule has 0 bridgehead atoms. The molecule has 0 fully saturated rings. The molecule has 9 heteroatoms. The number of ether oxygens (including phenoxy) is 3. The molecule has 3 aromatic rings. The van der Waals surface area contributed by atoms with Gasteiger partial charge in [0.25, 0.3) is 5.91 Å². The topological polar surface area (TPSA) is 107 Å². The molecule has 0 saturated carbocycles. The Balaban J connectivity index is 1.67. The largest absolute Gasteiger partial charge is 0.461 e. The molecule has 0 aliphatic rings. The zero-order valence-corrected chi connectivity index (χ0v) is 19.1. The number of rotatable bonds is 8. The number of carbonyl (C=O) groups is 3. The van der Waals surface area contributed by atoms with Crippen molar-refractivity contribution in [3.8, 4) is 11.5 Å². The Morgan fingerprint density at radius 1 is 1.00 bits per heavy atom. The lowest BCUT2D eigenvalue weighted by atomic mass is 10.1. The highest BCUT2D eigenvalue weighted by molar-refractivity contribution is 6.31. The zero-order chi connectivity index (χ0) is 24.0. The van der Waals surface area contributed by atoms with Crippen LogP contribution in [0.25, 0.3) is 0 Å². The van der Waals surface area contributed by atoms with Gasteiger partial charge >= 0.3 is 11.9 Å². The van der Waals surface area contributed by atoms with Gasteiger partial charge in [0.05, 0.1) is 17.9 Å². The van der Waals surface area contributed by atoms with Gasteiger partial charge in [-0.2, -0.15) is 0 Å². The van der Waals surface area contributed by atoms with Crippen molar-refractivity contribution in [3.05, 3.63) is 76.1 Å². The Labute approximate surface area is 195 Å². The molecule has 3 rings (SSSR count). The van der Waals surface area contributed by atoms with Crippen molar-refractivity contribution in [2.75, 3.05) is 18.5 Å². The maximum absolute atomic E-state index is 12.6. The van der Waals surface area contributed by atoms with Crippen LogP contribution in [0, 0.1) is 13.8 Å². The van der Waals surface area contributed by atoms with Gasteiger partial charge in [0.2, 0.25) is 0 Å². The molecular weight excluding hydrogens is 448 g/mol. The molecule has 33 heavy (non-hydrogen) atoms. The molecule has 0 spiro atoms. The van der Waals surface area contributed by atoms with E-state index in [1.54, 1.807) is 45.0 Å². The number of para-hydroxylation sites is 1. The van der Waals surface area contributed by atoms with Crippen LogP contribution in [0.15, 0.2) is 48.5 Å². The smallest absolute Gasteiger partial charge is 0.355 e. The number of anilines is 1. The van der Waals surface area contributed by atoms with E-state index >= 15 is 0 Å². The summed E-state index contributed by atoms with van der Waals surface area (Å²) in [6.07, 6.45) is 0. The van der Waals surface area contributed by atoms with Crippen molar-refractivity contribution in [2.24, 2.45) is 0 Å². The van der Waals surface area contributed by atoms with Crippen molar-refractivity contribution in [2.45, 2.75) is 20.8 Å². The molecule has 1 aromatic heterocycles. The molecule has 2 N–H and O–H groups in total.